The lowest BCUT2D eigenvalue weighted by molar-refractivity contribution is 0.0784. The number of aromatic hydroxyl groups is 1. The van der Waals surface area contributed by atoms with Crippen LogP contribution in [-0.4, -0.2) is 62.6 Å². The third-order valence-electron chi connectivity index (χ3n) is 6.73. The van der Waals surface area contributed by atoms with Crippen LogP contribution < -0.4 is 15.0 Å². The van der Waals surface area contributed by atoms with Gasteiger partial charge in [0.05, 0.1) is 14.2 Å². The summed E-state index contributed by atoms with van der Waals surface area (Å²) in [5.41, 5.74) is -1.21. The number of amides is 1. The summed E-state index contributed by atoms with van der Waals surface area (Å²) < 4.78 is 42.4. The summed E-state index contributed by atoms with van der Waals surface area (Å²) in [5, 5.41) is 15.2. The predicted octanol–water partition coefficient (Wildman–Crippen LogP) is 3.26. The van der Waals surface area contributed by atoms with Crippen molar-refractivity contribution in [1.82, 2.24) is 24.2 Å². The highest BCUT2D eigenvalue weighted by atomic mass is 19.1. The van der Waals surface area contributed by atoms with E-state index < -0.39 is 40.5 Å². The van der Waals surface area contributed by atoms with Gasteiger partial charge in [-0.1, -0.05) is 12.1 Å². The quantitative estimate of drug-likeness (QED) is 0.402. The van der Waals surface area contributed by atoms with Crippen LogP contribution in [0.15, 0.2) is 53.5 Å². The van der Waals surface area contributed by atoms with Crippen molar-refractivity contribution < 1.29 is 28.2 Å². The Kier molecular flexibility index (Phi) is 6.77. The Hall–Kier alpha value is -4.74. The fourth-order valence-electron chi connectivity index (χ4n) is 4.90. The molecule has 1 saturated heterocycles. The number of para-hydroxylation sites is 1. The molecule has 0 saturated carbocycles. The average Bonchev–Trinajstić information content (AvgIpc) is 3.57. The number of nitrogens with zero attached hydrogens (tertiary/aromatic N) is 5. The van der Waals surface area contributed by atoms with Crippen LogP contribution in [0.3, 0.4) is 0 Å². The van der Waals surface area contributed by atoms with Crippen molar-refractivity contribution in [3.8, 4) is 34.6 Å². The van der Waals surface area contributed by atoms with Crippen LogP contribution in [0.5, 0.6) is 17.4 Å². The average molecular weight is 538 g/mol. The Morgan fingerprint density at radius 3 is 2.28 bits per heavy atom. The van der Waals surface area contributed by atoms with E-state index in [-0.39, 0.29) is 53.8 Å². The van der Waals surface area contributed by atoms with Crippen molar-refractivity contribution in [2.75, 3.05) is 27.3 Å². The molecule has 0 aliphatic carbocycles. The van der Waals surface area contributed by atoms with Crippen LogP contribution in [0.25, 0.3) is 17.2 Å². The topological polar surface area (TPSA) is 112 Å². The molecular formula is C27H25F2N5O5. The van der Waals surface area contributed by atoms with Gasteiger partial charge in [-0.2, -0.15) is 10.1 Å². The molecule has 1 fully saturated rings. The number of rotatable bonds is 6. The minimum Gasteiger partial charge on any atom is -0.494 e. The van der Waals surface area contributed by atoms with E-state index in [4.69, 9.17) is 9.47 Å². The van der Waals surface area contributed by atoms with Gasteiger partial charge in [0.15, 0.2) is 11.4 Å². The lowest BCUT2D eigenvalue weighted by Crippen LogP contribution is -2.36. The molecule has 2 aromatic heterocycles. The van der Waals surface area contributed by atoms with E-state index in [0.29, 0.717) is 0 Å². The smallest absolute Gasteiger partial charge is 0.275 e. The first-order valence-electron chi connectivity index (χ1n) is 12.1. The molecule has 12 heteroatoms. The van der Waals surface area contributed by atoms with Gasteiger partial charge in [0.1, 0.15) is 34.5 Å². The second-order valence-corrected chi connectivity index (χ2v) is 9.03. The molecular weight excluding hydrogens is 512 g/mol. The number of carbonyl (C=O) groups excluding carboxylic acids is 1. The highest BCUT2D eigenvalue weighted by Gasteiger charge is 2.35. The first-order valence-corrected chi connectivity index (χ1v) is 12.1. The van der Waals surface area contributed by atoms with Crippen molar-refractivity contribution in [2.24, 2.45) is 7.05 Å². The van der Waals surface area contributed by atoms with Crippen molar-refractivity contribution >= 4 is 5.91 Å². The van der Waals surface area contributed by atoms with E-state index >= 15 is 0 Å². The minimum atomic E-state index is -0.892. The van der Waals surface area contributed by atoms with E-state index in [1.165, 1.54) is 29.9 Å². The van der Waals surface area contributed by atoms with Gasteiger partial charge in [-0.05, 0) is 36.8 Å². The Labute approximate surface area is 221 Å². The van der Waals surface area contributed by atoms with Crippen LogP contribution in [0, 0.1) is 11.6 Å². The molecule has 1 unspecified atom stereocenters. The molecule has 0 spiro atoms. The van der Waals surface area contributed by atoms with Crippen LogP contribution in [0.4, 0.5) is 8.78 Å². The van der Waals surface area contributed by atoms with Gasteiger partial charge in [-0.25, -0.2) is 8.78 Å². The van der Waals surface area contributed by atoms with Crippen molar-refractivity contribution in [3.63, 3.8) is 0 Å². The van der Waals surface area contributed by atoms with Gasteiger partial charge in [-0.15, -0.1) is 0 Å². The number of halogens is 2. The lowest BCUT2D eigenvalue weighted by atomic mass is 9.97. The van der Waals surface area contributed by atoms with Crippen LogP contribution >= 0.6 is 0 Å². The number of aromatic nitrogens is 4. The van der Waals surface area contributed by atoms with E-state index in [0.717, 1.165) is 16.7 Å². The molecule has 2 aromatic carbocycles. The molecule has 0 radical (unpaired) electrons. The Balaban J connectivity index is 1.65. The second kappa shape index (κ2) is 10.2. The van der Waals surface area contributed by atoms with E-state index in [1.54, 1.807) is 37.5 Å². The second-order valence-electron chi connectivity index (χ2n) is 9.03. The number of benzene rings is 2. The van der Waals surface area contributed by atoms with Gasteiger partial charge in [0.25, 0.3) is 11.5 Å². The van der Waals surface area contributed by atoms with Crippen molar-refractivity contribution in [3.05, 3.63) is 81.8 Å². The molecule has 1 N–H and O–H groups in total. The molecule has 3 heterocycles. The molecule has 10 nitrogen and oxygen atoms in total. The largest absolute Gasteiger partial charge is 0.494 e. The Morgan fingerprint density at radius 1 is 1.05 bits per heavy atom. The Bertz CT molecular complexity index is 1590. The zero-order valence-corrected chi connectivity index (χ0v) is 21.4. The van der Waals surface area contributed by atoms with Gasteiger partial charge in [0.2, 0.25) is 5.88 Å². The zero-order valence-electron chi connectivity index (χ0n) is 21.4. The monoisotopic (exact) mass is 537 g/mol. The first-order chi connectivity index (χ1) is 18.7. The maximum absolute atomic E-state index is 14.4. The van der Waals surface area contributed by atoms with E-state index in [2.05, 4.69) is 10.1 Å². The molecule has 1 aliphatic rings. The summed E-state index contributed by atoms with van der Waals surface area (Å²) in [5.74, 6) is -3.20. The number of methoxy groups -OCH3 is 2. The van der Waals surface area contributed by atoms with E-state index in [1.807, 2.05) is 0 Å². The number of aryl methyl sites for hydroxylation is 1. The molecule has 5 rings (SSSR count). The number of likely N-dealkylation sites (tertiary alicyclic amines) is 1. The predicted molar refractivity (Wildman–Crippen MR) is 136 cm³/mol. The van der Waals surface area contributed by atoms with Gasteiger partial charge < -0.3 is 19.5 Å². The minimum absolute atomic E-state index is 0.0461. The van der Waals surface area contributed by atoms with Gasteiger partial charge in [0, 0.05) is 37.8 Å². The van der Waals surface area contributed by atoms with Crippen LogP contribution in [-0.2, 0) is 7.05 Å². The number of carbonyl (C=O) groups is 1. The molecule has 0 bridgehead atoms. The maximum atomic E-state index is 14.4. The lowest BCUT2D eigenvalue weighted by Gasteiger charge is -2.21. The third kappa shape index (κ3) is 4.47. The summed E-state index contributed by atoms with van der Waals surface area (Å²) in [6, 6.07) is 10.1. The van der Waals surface area contributed by atoms with Crippen LogP contribution in [0.1, 0.15) is 28.3 Å². The number of hydrogen-bond acceptors (Lipinski definition) is 7. The maximum Gasteiger partial charge on any atom is 0.275 e. The fraction of sp³-hybridized carbons (Fsp3) is 0.259. The zero-order chi connectivity index (χ0) is 27.8. The summed E-state index contributed by atoms with van der Waals surface area (Å²) in [6.07, 6.45) is 1.91. The summed E-state index contributed by atoms with van der Waals surface area (Å²) in [7, 11) is 4.50. The number of ether oxygens (including phenoxy) is 2. The van der Waals surface area contributed by atoms with Gasteiger partial charge in [-0.3, -0.25) is 18.8 Å². The van der Waals surface area contributed by atoms with Crippen molar-refractivity contribution in [2.45, 2.75) is 12.3 Å². The third-order valence-corrected chi connectivity index (χ3v) is 6.73. The van der Waals surface area contributed by atoms with Crippen LogP contribution in [0.2, 0.25) is 0 Å². The summed E-state index contributed by atoms with van der Waals surface area (Å²) in [6.45, 7) is 0.0751. The molecule has 39 heavy (non-hydrogen) atoms. The highest BCUT2D eigenvalue weighted by molar-refractivity contribution is 5.96. The molecule has 1 atom stereocenters. The highest BCUT2D eigenvalue weighted by Crippen LogP contribution is 2.36. The first kappa shape index (κ1) is 25.9. The van der Waals surface area contributed by atoms with Crippen molar-refractivity contribution in [1.29, 1.82) is 0 Å². The molecule has 4 aromatic rings. The summed E-state index contributed by atoms with van der Waals surface area (Å²) >= 11 is 0. The SMILES string of the molecule is COc1cccc(OC)c1-n1c(-c2ccn(C)n2)nc(O)c(C(=O)N2CCC(c3c(F)cccc3F)C2)c1=O. The normalized spacial score (nSPS) is 15.0. The molecule has 202 valence electrons. The molecule has 1 amide bonds. The standard InChI is InChI=1S/C27H25F2N5O5/c1-32-12-11-18(31-32)24-30-25(35)22(27(37)34(24)23-19(38-2)8-5-9-20(23)39-3)26(36)33-13-10-15(14-33)21-16(28)6-4-7-17(21)29/h4-9,11-12,15,35H,10,13-14H2,1-3H3. The number of hydrogen-bond donors (Lipinski definition) is 1. The Morgan fingerprint density at radius 2 is 1.69 bits per heavy atom. The van der Waals surface area contributed by atoms with E-state index in [9.17, 15) is 23.5 Å². The summed E-state index contributed by atoms with van der Waals surface area (Å²) in [4.78, 5) is 33.1. The van der Waals surface area contributed by atoms with Gasteiger partial charge >= 0.3 is 0 Å². The molecule has 1 aliphatic heterocycles. The fourth-order valence-corrected chi connectivity index (χ4v) is 4.90.